The van der Waals surface area contributed by atoms with Crippen molar-refractivity contribution in [1.29, 1.82) is 5.26 Å². The fourth-order valence-electron chi connectivity index (χ4n) is 2.34. The van der Waals surface area contributed by atoms with Gasteiger partial charge in [0.1, 0.15) is 17.6 Å². The van der Waals surface area contributed by atoms with Crippen molar-refractivity contribution in [2.24, 2.45) is 5.73 Å². The van der Waals surface area contributed by atoms with E-state index in [4.69, 9.17) is 20.8 Å². The molecule has 13 heteroatoms. The van der Waals surface area contributed by atoms with Crippen molar-refractivity contribution in [3.63, 3.8) is 0 Å². The van der Waals surface area contributed by atoms with Crippen LogP contribution >= 0.6 is 12.4 Å². The summed E-state index contributed by atoms with van der Waals surface area (Å²) in [5.74, 6) is -3.17. The predicted octanol–water partition coefficient (Wildman–Crippen LogP) is 1.90. The Morgan fingerprint density at radius 1 is 1.33 bits per heavy atom. The third-order valence-corrected chi connectivity index (χ3v) is 3.62. The number of nitrogens with zero attached hydrogens (tertiary/aromatic N) is 6. The number of hydrogen-bond donors (Lipinski definition) is 2. The lowest BCUT2D eigenvalue weighted by molar-refractivity contribution is -0.137. The van der Waals surface area contributed by atoms with Gasteiger partial charge in [-0.05, 0) is 23.4 Å². The van der Waals surface area contributed by atoms with Gasteiger partial charge in [-0.1, -0.05) is 0 Å². The Morgan fingerprint density at radius 3 is 2.73 bits per heavy atom. The van der Waals surface area contributed by atoms with Crippen molar-refractivity contribution in [2.45, 2.75) is 19.0 Å². The number of benzene rings is 1. The van der Waals surface area contributed by atoms with Gasteiger partial charge >= 0.3 is 5.97 Å². The molecule has 3 aromatic rings. The summed E-state index contributed by atoms with van der Waals surface area (Å²) in [5.41, 5.74) is 5.68. The summed E-state index contributed by atoms with van der Waals surface area (Å²) in [6.07, 6.45) is 0.845. The quantitative estimate of drug-likeness (QED) is 0.564. The van der Waals surface area contributed by atoms with E-state index in [1.165, 1.54) is 12.1 Å². The van der Waals surface area contributed by atoms with Gasteiger partial charge in [-0.3, -0.25) is 4.79 Å². The van der Waals surface area contributed by atoms with E-state index >= 15 is 0 Å². The standard InChI is InChI=1S/C17H13F2N7O3.ClH/c18-13-5-11(29-17-14(19)3-9(6-20)7-22-17)1-2-12(13)16-23-25-26(24-16)8-10(21)4-15(27)28;/h1-3,5,7,10H,4,8,21H2,(H,27,28);1H/t10-;/m0./s1. The normalized spacial score (nSPS) is 11.3. The van der Waals surface area contributed by atoms with Gasteiger partial charge in [0.25, 0.3) is 5.88 Å². The van der Waals surface area contributed by atoms with E-state index in [2.05, 4.69) is 20.4 Å². The van der Waals surface area contributed by atoms with Gasteiger partial charge < -0.3 is 15.6 Å². The maximum absolute atomic E-state index is 14.4. The zero-order valence-electron chi connectivity index (χ0n) is 15.1. The second-order valence-corrected chi connectivity index (χ2v) is 5.89. The fourth-order valence-corrected chi connectivity index (χ4v) is 2.34. The zero-order chi connectivity index (χ0) is 21.0. The number of carboxylic acids is 1. The Labute approximate surface area is 174 Å². The third-order valence-electron chi connectivity index (χ3n) is 3.62. The molecule has 0 saturated heterocycles. The van der Waals surface area contributed by atoms with Crippen molar-refractivity contribution in [1.82, 2.24) is 25.2 Å². The predicted molar refractivity (Wildman–Crippen MR) is 99.7 cm³/mol. The topological polar surface area (TPSA) is 153 Å². The van der Waals surface area contributed by atoms with Crippen LogP contribution in [-0.2, 0) is 11.3 Å². The van der Waals surface area contributed by atoms with Gasteiger partial charge in [0.05, 0.1) is 24.1 Å². The first-order valence-electron chi connectivity index (χ1n) is 8.14. The third kappa shape index (κ3) is 5.43. The van der Waals surface area contributed by atoms with Gasteiger partial charge in [-0.15, -0.1) is 22.6 Å². The largest absolute Gasteiger partial charge is 0.481 e. The van der Waals surface area contributed by atoms with Crippen LogP contribution in [0.3, 0.4) is 0 Å². The number of tetrazole rings is 1. The summed E-state index contributed by atoms with van der Waals surface area (Å²) in [6, 6.07) is 5.61. The molecular formula is C17H14ClF2N7O3. The second kappa shape index (κ2) is 9.68. The number of halogens is 3. The maximum Gasteiger partial charge on any atom is 0.304 e. The monoisotopic (exact) mass is 437 g/mol. The molecule has 0 aliphatic heterocycles. The van der Waals surface area contributed by atoms with Gasteiger partial charge in [0.15, 0.2) is 5.82 Å². The minimum atomic E-state index is -1.06. The highest BCUT2D eigenvalue weighted by Gasteiger charge is 2.16. The Hall–Kier alpha value is -3.69. The van der Waals surface area contributed by atoms with Crippen LogP contribution in [0.2, 0.25) is 0 Å². The molecule has 0 aliphatic carbocycles. The number of ether oxygens (including phenoxy) is 1. The van der Waals surface area contributed by atoms with E-state index in [9.17, 15) is 13.6 Å². The van der Waals surface area contributed by atoms with Crippen molar-refractivity contribution in [3.05, 3.63) is 47.7 Å². The summed E-state index contributed by atoms with van der Waals surface area (Å²) >= 11 is 0. The van der Waals surface area contributed by atoms with Crippen LogP contribution in [-0.4, -0.2) is 42.3 Å². The minimum absolute atomic E-state index is 0. The number of aromatic nitrogens is 5. The summed E-state index contributed by atoms with van der Waals surface area (Å²) in [7, 11) is 0. The molecule has 3 rings (SSSR count). The Bertz CT molecular complexity index is 1100. The molecule has 10 nitrogen and oxygen atoms in total. The van der Waals surface area contributed by atoms with E-state index in [1.807, 2.05) is 0 Å². The van der Waals surface area contributed by atoms with Gasteiger partial charge in [0.2, 0.25) is 5.82 Å². The first kappa shape index (κ1) is 22.6. The van der Waals surface area contributed by atoms with Gasteiger partial charge in [0, 0.05) is 18.3 Å². The molecular weight excluding hydrogens is 424 g/mol. The molecule has 156 valence electrons. The molecule has 0 saturated carbocycles. The SMILES string of the molecule is Cl.N#Cc1cnc(Oc2ccc(-c3nnn(C[C@@H](N)CC(=O)O)n3)c(F)c2)c(F)c1. The smallest absolute Gasteiger partial charge is 0.304 e. The average molecular weight is 438 g/mol. The van der Waals surface area contributed by atoms with E-state index in [0.717, 1.165) is 23.1 Å². The molecule has 0 spiro atoms. The number of aliphatic carboxylic acids is 1. The van der Waals surface area contributed by atoms with Crippen molar-refractivity contribution in [2.75, 3.05) is 0 Å². The number of pyridine rings is 1. The molecule has 3 N–H and O–H groups in total. The molecule has 1 aromatic carbocycles. The van der Waals surface area contributed by atoms with Gasteiger partial charge in [-0.2, -0.15) is 10.1 Å². The van der Waals surface area contributed by atoms with Crippen molar-refractivity contribution >= 4 is 18.4 Å². The van der Waals surface area contributed by atoms with Crippen molar-refractivity contribution < 1.29 is 23.4 Å². The summed E-state index contributed by atoms with van der Waals surface area (Å²) in [4.78, 5) is 15.4. The number of hydrogen-bond acceptors (Lipinski definition) is 8. The van der Waals surface area contributed by atoms with Crippen LogP contribution in [0.1, 0.15) is 12.0 Å². The van der Waals surface area contributed by atoms with Crippen LogP contribution < -0.4 is 10.5 Å². The Balaban J connectivity index is 0.00000320. The highest BCUT2D eigenvalue weighted by Crippen LogP contribution is 2.27. The van der Waals surface area contributed by atoms with E-state index in [1.54, 1.807) is 6.07 Å². The summed E-state index contributed by atoms with van der Waals surface area (Å²) in [5, 5.41) is 28.8. The molecule has 0 amide bonds. The molecule has 2 heterocycles. The van der Waals surface area contributed by atoms with Crippen LogP contribution in [0.4, 0.5) is 8.78 Å². The lowest BCUT2D eigenvalue weighted by atomic mass is 10.2. The summed E-state index contributed by atoms with van der Waals surface area (Å²) < 4.78 is 33.5. The average Bonchev–Trinajstić information content (AvgIpc) is 3.10. The first-order valence-corrected chi connectivity index (χ1v) is 8.14. The summed E-state index contributed by atoms with van der Waals surface area (Å²) in [6.45, 7) is -0.00818. The number of carboxylic acid groups (broad SMARTS) is 1. The first-order chi connectivity index (χ1) is 13.9. The Morgan fingerprint density at radius 2 is 2.10 bits per heavy atom. The molecule has 1 atom stereocenters. The van der Waals surface area contributed by atoms with E-state index < -0.39 is 29.5 Å². The van der Waals surface area contributed by atoms with Crippen LogP contribution in [0.5, 0.6) is 11.6 Å². The van der Waals surface area contributed by atoms with Crippen molar-refractivity contribution in [3.8, 4) is 29.1 Å². The van der Waals surface area contributed by atoms with Gasteiger partial charge in [-0.25, -0.2) is 13.8 Å². The number of nitriles is 1. The molecule has 0 bridgehead atoms. The van der Waals surface area contributed by atoms with Crippen LogP contribution in [0.25, 0.3) is 11.4 Å². The van der Waals surface area contributed by atoms with Crippen LogP contribution in [0, 0.1) is 23.0 Å². The second-order valence-electron chi connectivity index (χ2n) is 5.89. The lowest BCUT2D eigenvalue weighted by Gasteiger charge is -2.07. The zero-order valence-corrected chi connectivity index (χ0v) is 15.9. The molecule has 2 aromatic heterocycles. The molecule has 0 unspecified atom stereocenters. The van der Waals surface area contributed by atoms with E-state index in [-0.39, 0.29) is 48.1 Å². The number of rotatable bonds is 7. The molecule has 0 aliphatic rings. The number of nitrogens with two attached hydrogens (primary N) is 1. The molecule has 30 heavy (non-hydrogen) atoms. The molecule has 0 fully saturated rings. The lowest BCUT2D eigenvalue weighted by Crippen LogP contribution is -2.30. The minimum Gasteiger partial charge on any atom is -0.481 e. The highest BCUT2D eigenvalue weighted by molar-refractivity contribution is 5.85. The highest BCUT2D eigenvalue weighted by atomic mass is 35.5. The Kier molecular flexibility index (Phi) is 7.29. The van der Waals surface area contributed by atoms with E-state index in [0.29, 0.717) is 0 Å². The molecule has 0 radical (unpaired) electrons. The maximum atomic E-state index is 14.4. The fraction of sp³-hybridized carbons (Fsp3) is 0.176. The van der Waals surface area contributed by atoms with Crippen LogP contribution in [0.15, 0.2) is 30.5 Å². The number of carbonyl (C=O) groups is 1.